The van der Waals surface area contributed by atoms with Crippen molar-refractivity contribution in [2.24, 2.45) is 0 Å². The molecule has 0 bridgehead atoms. The van der Waals surface area contributed by atoms with Gasteiger partial charge in [0.25, 0.3) is 0 Å². The maximum absolute atomic E-state index is 11.6. The minimum atomic E-state index is -0.382. The van der Waals surface area contributed by atoms with Gasteiger partial charge in [-0.1, -0.05) is 0 Å². The van der Waals surface area contributed by atoms with Crippen molar-refractivity contribution >= 4 is 35.1 Å². The molecule has 0 N–H and O–H groups in total. The van der Waals surface area contributed by atoms with E-state index in [4.69, 9.17) is 0 Å². The lowest BCUT2D eigenvalue weighted by molar-refractivity contribution is -0.117. The fourth-order valence-electron chi connectivity index (χ4n) is 1.72. The van der Waals surface area contributed by atoms with Crippen LogP contribution in [-0.4, -0.2) is 32.4 Å². The summed E-state index contributed by atoms with van der Waals surface area (Å²) in [4.78, 5) is 25.4. The van der Waals surface area contributed by atoms with Crippen LogP contribution in [0.2, 0.25) is 0 Å². The average Bonchev–Trinajstić information content (AvgIpc) is 2.91. The average molecular weight is 250 g/mol. The van der Waals surface area contributed by atoms with Gasteiger partial charge in [0, 0.05) is 13.8 Å². The predicted octanol–water partition coefficient (Wildman–Crippen LogP) is 0.135. The van der Waals surface area contributed by atoms with Crippen molar-refractivity contribution in [3.8, 4) is 0 Å². The summed E-state index contributed by atoms with van der Waals surface area (Å²) in [5, 5.41) is 14.3. The number of hydrogen-bond acceptors (Lipinski definition) is 8. The summed E-state index contributed by atoms with van der Waals surface area (Å²) in [6.07, 6.45) is 0. The number of anilines is 4. The van der Waals surface area contributed by atoms with Crippen LogP contribution in [0.4, 0.5) is 23.3 Å². The molecule has 0 aliphatic carbocycles. The van der Waals surface area contributed by atoms with E-state index in [1.807, 2.05) is 0 Å². The van der Waals surface area contributed by atoms with Crippen LogP contribution >= 0.6 is 0 Å². The van der Waals surface area contributed by atoms with Crippen molar-refractivity contribution in [2.45, 2.75) is 13.8 Å². The fraction of sp³-hybridized carbons (Fsp3) is 0.250. The Morgan fingerprint density at radius 3 is 1.28 bits per heavy atom. The van der Waals surface area contributed by atoms with Gasteiger partial charge in [0.2, 0.25) is 35.1 Å². The first-order valence-electron chi connectivity index (χ1n) is 4.87. The quantitative estimate of drug-likeness (QED) is 0.647. The largest absolute Gasteiger partial charge is 0.274 e. The fourth-order valence-corrected chi connectivity index (χ4v) is 1.72. The summed E-state index contributed by atoms with van der Waals surface area (Å²) in [5.41, 5.74) is 0. The van der Waals surface area contributed by atoms with Crippen LogP contribution in [0.15, 0.2) is 9.26 Å². The number of nitrogens with zero attached hydrogens (tertiary/aromatic N) is 6. The number of amides is 2. The maximum Gasteiger partial charge on any atom is 0.231 e. The summed E-state index contributed by atoms with van der Waals surface area (Å²) >= 11 is 0. The molecule has 0 atom stereocenters. The van der Waals surface area contributed by atoms with Crippen LogP contribution in [0.5, 0.6) is 0 Å². The highest BCUT2D eigenvalue weighted by molar-refractivity contribution is 6.11. The minimum absolute atomic E-state index is 0.0703. The van der Waals surface area contributed by atoms with Gasteiger partial charge < -0.3 is 0 Å². The van der Waals surface area contributed by atoms with E-state index in [1.165, 1.54) is 13.8 Å². The van der Waals surface area contributed by atoms with Crippen molar-refractivity contribution < 1.29 is 18.8 Å². The smallest absolute Gasteiger partial charge is 0.231 e. The molecule has 2 amide bonds. The number of carbonyl (C=O) groups excluding carboxylic acids is 2. The van der Waals surface area contributed by atoms with Gasteiger partial charge in [-0.15, -0.1) is 0 Å². The number of carbonyl (C=O) groups is 2. The first-order valence-corrected chi connectivity index (χ1v) is 4.87. The second kappa shape index (κ2) is 3.35. The predicted molar refractivity (Wildman–Crippen MR) is 54.2 cm³/mol. The molecule has 92 valence electrons. The highest BCUT2D eigenvalue weighted by Gasteiger charge is 2.41. The zero-order valence-electron chi connectivity index (χ0n) is 9.32. The standard InChI is InChI=1S/C8H6N6O4/c1-3(15)13-5-7(11-17-9-5)14(4(2)16)8-6(13)10-18-12-8/h1-2H3. The van der Waals surface area contributed by atoms with Crippen LogP contribution in [0.3, 0.4) is 0 Å². The molecule has 0 saturated heterocycles. The zero-order valence-corrected chi connectivity index (χ0v) is 9.32. The molecule has 2 aromatic heterocycles. The van der Waals surface area contributed by atoms with Gasteiger partial charge in [0.05, 0.1) is 0 Å². The second-order valence-corrected chi connectivity index (χ2v) is 3.53. The van der Waals surface area contributed by atoms with Crippen LogP contribution < -0.4 is 9.80 Å². The lowest BCUT2D eigenvalue weighted by Gasteiger charge is -2.25. The summed E-state index contributed by atoms with van der Waals surface area (Å²) < 4.78 is 9.11. The van der Waals surface area contributed by atoms with E-state index >= 15 is 0 Å². The van der Waals surface area contributed by atoms with Gasteiger partial charge in [-0.05, 0) is 20.6 Å². The Bertz CT molecular complexity index is 552. The molecule has 10 nitrogen and oxygen atoms in total. The Kier molecular flexibility index (Phi) is 1.93. The first kappa shape index (κ1) is 10.4. The molecule has 10 heteroatoms. The lowest BCUT2D eigenvalue weighted by atomic mass is 10.3. The Balaban J connectivity index is 2.28. The Hall–Kier alpha value is -2.78. The van der Waals surface area contributed by atoms with Crippen molar-refractivity contribution in [3.05, 3.63) is 0 Å². The molecule has 1 aliphatic heterocycles. The van der Waals surface area contributed by atoms with Crippen molar-refractivity contribution in [3.63, 3.8) is 0 Å². The van der Waals surface area contributed by atoms with Gasteiger partial charge >= 0.3 is 0 Å². The minimum Gasteiger partial charge on any atom is -0.274 e. The maximum atomic E-state index is 11.6. The highest BCUT2D eigenvalue weighted by atomic mass is 16.6. The van der Waals surface area contributed by atoms with Crippen molar-refractivity contribution in [1.82, 2.24) is 20.6 Å². The van der Waals surface area contributed by atoms with Crippen LogP contribution in [0, 0.1) is 0 Å². The van der Waals surface area contributed by atoms with E-state index in [9.17, 15) is 9.59 Å². The normalized spacial score (nSPS) is 13.2. The topological polar surface area (TPSA) is 118 Å². The molecule has 18 heavy (non-hydrogen) atoms. The number of aromatic nitrogens is 4. The number of hydrogen-bond donors (Lipinski definition) is 0. The second-order valence-electron chi connectivity index (χ2n) is 3.53. The molecule has 2 aromatic rings. The zero-order chi connectivity index (χ0) is 12.9. The Morgan fingerprint density at radius 2 is 1.06 bits per heavy atom. The van der Waals surface area contributed by atoms with E-state index < -0.39 is 0 Å². The number of fused-ring (bicyclic) bond motifs is 2. The third kappa shape index (κ3) is 1.16. The summed E-state index contributed by atoms with van der Waals surface area (Å²) in [6, 6.07) is 0. The summed E-state index contributed by atoms with van der Waals surface area (Å²) in [6.45, 7) is 2.61. The van der Waals surface area contributed by atoms with Gasteiger partial charge in [0.15, 0.2) is 0 Å². The van der Waals surface area contributed by atoms with E-state index in [1.54, 1.807) is 0 Å². The molecule has 3 heterocycles. The molecule has 3 rings (SSSR count). The van der Waals surface area contributed by atoms with Crippen LogP contribution in [0.25, 0.3) is 0 Å². The van der Waals surface area contributed by atoms with Gasteiger partial charge in [-0.3, -0.25) is 9.59 Å². The van der Waals surface area contributed by atoms with Crippen LogP contribution in [0.1, 0.15) is 13.8 Å². The first-order chi connectivity index (χ1) is 8.61. The Morgan fingerprint density at radius 1 is 0.778 bits per heavy atom. The summed E-state index contributed by atoms with van der Waals surface area (Å²) in [7, 11) is 0. The molecular formula is C8H6N6O4. The van der Waals surface area contributed by atoms with Gasteiger partial charge in [0.1, 0.15) is 0 Å². The van der Waals surface area contributed by atoms with Gasteiger partial charge in [-0.25, -0.2) is 19.1 Å². The molecule has 1 aliphatic rings. The molecule has 0 radical (unpaired) electrons. The van der Waals surface area contributed by atoms with E-state index in [0.29, 0.717) is 0 Å². The van der Waals surface area contributed by atoms with Crippen LogP contribution in [-0.2, 0) is 9.59 Å². The molecule has 0 spiro atoms. The van der Waals surface area contributed by atoms with Crippen molar-refractivity contribution in [1.29, 1.82) is 0 Å². The highest BCUT2D eigenvalue weighted by Crippen LogP contribution is 2.43. The van der Waals surface area contributed by atoms with Crippen molar-refractivity contribution in [2.75, 3.05) is 9.80 Å². The lowest BCUT2D eigenvalue weighted by Crippen LogP contribution is -2.34. The third-order valence-electron chi connectivity index (χ3n) is 2.39. The summed E-state index contributed by atoms with van der Waals surface area (Å²) in [5.74, 6) is -0.484. The van der Waals surface area contributed by atoms with E-state index in [2.05, 4.69) is 29.9 Å². The molecule has 0 saturated carbocycles. The molecule has 0 aromatic carbocycles. The molecule has 0 unspecified atom stereocenters. The van der Waals surface area contributed by atoms with Gasteiger partial charge in [-0.2, -0.15) is 0 Å². The molecule has 0 fully saturated rings. The number of rotatable bonds is 0. The molecular weight excluding hydrogens is 244 g/mol. The SMILES string of the molecule is CC(=O)N1c2nonc2N(C(C)=O)c2nonc21. The van der Waals surface area contributed by atoms with E-state index in [-0.39, 0.29) is 35.1 Å². The Labute approximate surface area is 99.1 Å². The van der Waals surface area contributed by atoms with E-state index in [0.717, 1.165) is 9.80 Å². The monoisotopic (exact) mass is 250 g/mol. The third-order valence-corrected chi connectivity index (χ3v) is 2.39.